The Morgan fingerprint density at radius 1 is 1.45 bits per heavy atom. The number of esters is 1. The van der Waals surface area contributed by atoms with Crippen molar-refractivity contribution in [3.63, 3.8) is 0 Å². The molecule has 122 valence electrons. The van der Waals surface area contributed by atoms with Crippen LogP contribution in [0.25, 0.3) is 0 Å². The average Bonchev–Trinajstić information content (AvgIpc) is 2.37. The lowest BCUT2D eigenvalue weighted by Gasteiger charge is -2.13. The Bertz CT molecular complexity index is 590. The fraction of sp³-hybridized carbons (Fsp3) is 0.400. The lowest BCUT2D eigenvalue weighted by atomic mass is 10.2. The van der Waals surface area contributed by atoms with Crippen molar-refractivity contribution in [3.05, 3.63) is 27.6 Å². The van der Waals surface area contributed by atoms with Crippen LogP contribution in [-0.2, 0) is 16.0 Å². The second-order valence-corrected chi connectivity index (χ2v) is 3.70. The first-order chi connectivity index (χ1) is 10.0. The maximum absolute atomic E-state index is 12.6. The molecule has 22 heavy (non-hydrogen) atoms. The Labute approximate surface area is 118 Å². The highest BCUT2D eigenvalue weighted by atomic mass is 19.4. The number of carbonyl (C=O) groups excluding carboxylic acids is 1. The van der Waals surface area contributed by atoms with Gasteiger partial charge in [0.2, 0.25) is 5.75 Å². The summed E-state index contributed by atoms with van der Waals surface area (Å²) in [6, 6.07) is 0.145. The van der Waals surface area contributed by atoms with Gasteiger partial charge in [-0.05, 0) is 0 Å². The molecule has 1 aromatic heterocycles. The van der Waals surface area contributed by atoms with E-state index in [2.05, 4.69) is 14.5 Å². The molecule has 0 aliphatic carbocycles. The molecule has 0 amide bonds. The lowest BCUT2D eigenvalue weighted by Crippen LogP contribution is -2.21. The summed E-state index contributed by atoms with van der Waals surface area (Å²) in [7, 11) is 0.887. The van der Waals surface area contributed by atoms with Crippen LogP contribution in [0, 0.1) is 10.1 Å². The highest BCUT2D eigenvalue weighted by Crippen LogP contribution is 2.37. The van der Waals surface area contributed by atoms with Gasteiger partial charge in [0.15, 0.2) is 0 Å². The maximum atomic E-state index is 12.6. The van der Waals surface area contributed by atoms with Crippen LogP contribution in [0.2, 0.25) is 0 Å². The van der Waals surface area contributed by atoms with E-state index in [-0.39, 0.29) is 6.07 Å². The molecule has 12 heteroatoms. The van der Waals surface area contributed by atoms with Crippen molar-refractivity contribution >= 4 is 11.7 Å². The number of methoxy groups -OCH3 is 1. The van der Waals surface area contributed by atoms with Gasteiger partial charge in [0.1, 0.15) is 11.4 Å². The molecular weight excluding hydrogens is 323 g/mol. The van der Waals surface area contributed by atoms with E-state index < -0.39 is 52.9 Å². The van der Waals surface area contributed by atoms with Crippen molar-refractivity contribution < 1.29 is 41.1 Å². The number of halogens is 5. The van der Waals surface area contributed by atoms with Crippen LogP contribution in [0.3, 0.4) is 0 Å². The Morgan fingerprint density at radius 3 is 2.45 bits per heavy atom. The number of ether oxygens (including phenoxy) is 2. The predicted octanol–water partition coefficient (Wildman–Crippen LogP) is 2.54. The number of hydrogen-bond donors (Lipinski definition) is 0. The average molecular weight is 330 g/mol. The quantitative estimate of drug-likeness (QED) is 0.357. The number of carbonyl (C=O) groups is 1. The van der Waals surface area contributed by atoms with Gasteiger partial charge in [-0.15, -0.1) is 13.2 Å². The van der Waals surface area contributed by atoms with Gasteiger partial charge >= 0.3 is 18.0 Å². The number of aromatic nitrogens is 1. The van der Waals surface area contributed by atoms with Crippen LogP contribution in [0.4, 0.5) is 27.6 Å². The summed E-state index contributed by atoms with van der Waals surface area (Å²) in [5.74, 6) is -2.58. The topological polar surface area (TPSA) is 91.6 Å². The molecule has 0 radical (unpaired) electrons. The van der Waals surface area contributed by atoms with Crippen LogP contribution in [0.5, 0.6) is 5.75 Å². The van der Waals surface area contributed by atoms with Crippen molar-refractivity contribution in [1.82, 2.24) is 4.98 Å². The normalized spacial score (nSPS) is 11.4. The second kappa shape index (κ2) is 6.49. The van der Waals surface area contributed by atoms with E-state index in [0.29, 0.717) is 0 Å². The van der Waals surface area contributed by atoms with Crippen LogP contribution < -0.4 is 4.74 Å². The van der Waals surface area contributed by atoms with Crippen LogP contribution in [0.15, 0.2) is 6.07 Å². The summed E-state index contributed by atoms with van der Waals surface area (Å²) in [6.07, 6.45) is -9.65. The number of nitrogens with zero attached hydrogens (tertiary/aromatic N) is 2. The minimum atomic E-state index is -5.34. The number of alkyl halides is 5. The predicted molar refractivity (Wildman–Crippen MR) is 58.3 cm³/mol. The lowest BCUT2D eigenvalue weighted by molar-refractivity contribution is -0.389. The second-order valence-electron chi connectivity index (χ2n) is 3.70. The third-order valence-corrected chi connectivity index (χ3v) is 2.22. The standard InChI is InChI=1S/C10H7F5N2O5/c1-21-7(18)3-4-8(22-10(13,14)15)6(17(19)20)2-5(16-4)9(11)12/h2,9H,3H2,1H3. The van der Waals surface area contributed by atoms with E-state index in [9.17, 15) is 36.9 Å². The van der Waals surface area contributed by atoms with Crippen molar-refractivity contribution in [2.45, 2.75) is 19.2 Å². The molecule has 0 unspecified atom stereocenters. The van der Waals surface area contributed by atoms with Crippen LogP contribution in [-0.4, -0.2) is 29.3 Å². The zero-order valence-corrected chi connectivity index (χ0v) is 10.7. The molecule has 1 rings (SSSR count). The summed E-state index contributed by atoms with van der Waals surface area (Å²) in [6.45, 7) is 0. The van der Waals surface area contributed by atoms with Gasteiger partial charge in [0.25, 0.3) is 6.43 Å². The first-order valence-corrected chi connectivity index (χ1v) is 5.34. The van der Waals surface area contributed by atoms with E-state index in [1.807, 2.05) is 0 Å². The van der Waals surface area contributed by atoms with E-state index in [4.69, 9.17) is 0 Å². The molecular formula is C10H7F5N2O5. The summed E-state index contributed by atoms with van der Waals surface area (Å²) >= 11 is 0. The fourth-order valence-corrected chi connectivity index (χ4v) is 1.40. The van der Waals surface area contributed by atoms with Crippen molar-refractivity contribution in [2.75, 3.05) is 7.11 Å². The van der Waals surface area contributed by atoms with Crippen molar-refractivity contribution in [2.24, 2.45) is 0 Å². The number of hydrogen-bond acceptors (Lipinski definition) is 6. The van der Waals surface area contributed by atoms with Gasteiger partial charge in [-0.3, -0.25) is 14.9 Å². The molecule has 0 aromatic carbocycles. The van der Waals surface area contributed by atoms with Gasteiger partial charge in [0, 0.05) is 6.07 Å². The van der Waals surface area contributed by atoms with Crippen LogP contribution in [0.1, 0.15) is 17.8 Å². The highest BCUT2D eigenvalue weighted by molar-refractivity contribution is 5.73. The molecule has 0 bridgehead atoms. The Kier molecular flexibility index (Phi) is 5.17. The minimum absolute atomic E-state index is 0.145. The molecule has 0 fully saturated rings. The Balaban J connectivity index is 3.51. The molecule has 0 N–H and O–H groups in total. The monoisotopic (exact) mass is 330 g/mol. The molecule has 1 heterocycles. The Hall–Kier alpha value is -2.53. The van der Waals surface area contributed by atoms with Gasteiger partial charge < -0.3 is 9.47 Å². The smallest absolute Gasteiger partial charge is 0.469 e. The zero-order valence-electron chi connectivity index (χ0n) is 10.7. The van der Waals surface area contributed by atoms with Crippen LogP contribution >= 0.6 is 0 Å². The third-order valence-electron chi connectivity index (χ3n) is 2.22. The molecule has 0 saturated heterocycles. The van der Waals surface area contributed by atoms with Gasteiger partial charge in [-0.25, -0.2) is 13.8 Å². The zero-order chi connectivity index (χ0) is 17.1. The summed E-state index contributed by atoms with van der Waals surface area (Å²) in [5, 5.41) is 10.8. The Morgan fingerprint density at radius 2 is 2.05 bits per heavy atom. The fourth-order valence-electron chi connectivity index (χ4n) is 1.40. The highest BCUT2D eigenvalue weighted by Gasteiger charge is 2.38. The molecule has 0 atom stereocenters. The number of pyridine rings is 1. The van der Waals surface area contributed by atoms with E-state index in [1.54, 1.807) is 0 Å². The first-order valence-electron chi connectivity index (χ1n) is 5.34. The largest absolute Gasteiger partial charge is 0.573 e. The maximum Gasteiger partial charge on any atom is 0.573 e. The first kappa shape index (κ1) is 17.5. The van der Waals surface area contributed by atoms with Crippen molar-refractivity contribution in [1.29, 1.82) is 0 Å². The van der Waals surface area contributed by atoms with Crippen molar-refractivity contribution in [3.8, 4) is 5.75 Å². The summed E-state index contributed by atoms with van der Waals surface area (Å²) in [5.41, 5.74) is -3.53. The number of nitro groups is 1. The van der Waals surface area contributed by atoms with E-state index in [1.165, 1.54) is 0 Å². The molecule has 7 nitrogen and oxygen atoms in total. The molecule has 0 saturated carbocycles. The third kappa shape index (κ3) is 4.49. The SMILES string of the molecule is COC(=O)Cc1nc(C(F)F)cc([N+](=O)[O-])c1OC(F)(F)F. The molecule has 0 aliphatic heterocycles. The summed E-state index contributed by atoms with van der Waals surface area (Å²) in [4.78, 5) is 23.6. The van der Waals surface area contributed by atoms with Gasteiger partial charge in [-0.1, -0.05) is 0 Å². The number of rotatable bonds is 5. The molecule has 1 aromatic rings. The van der Waals surface area contributed by atoms with E-state index in [0.717, 1.165) is 7.11 Å². The molecule has 0 spiro atoms. The molecule has 0 aliphatic rings. The van der Waals surface area contributed by atoms with E-state index >= 15 is 0 Å². The summed E-state index contributed by atoms with van der Waals surface area (Å²) < 4.78 is 69.8. The minimum Gasteiger partial charge on any atom is -0.469 e. The van der Waals surface area contributed by atoms with Gasteiger partial charge in [-0.2, -0.15) is 0 Å². The van der Waals surface area contributed by atoms with Gasteiger partial charge in [0.05, 0.1) is 18.5 Å².